The third kappa shape index (κ3) is 29.8. The molecule has 7 rings (SSSR count). The van der Waals surface area contributed by atoms with Crippen molar-refractivity contribution < 1.29 is 192 Å². The van der Waals surface area contributed by atoms with E-state index < -0.39 is 6.04 Å². The second kappa shape index (κ2) is 45.5. The van der Waals surface area contributed by atoms with Gasteiger partial charge >= 0.3 is 29.6 Å². The minimum Gasteiger partial charge on any atom is -0.870 e. The zero-order valence-corrected chi connectivity index (χ0v) is 60.5. The Bertz CT molecular complexity index is 1460. The van der Waals surface area contributed by atoms with Gasteiger partial charge in [-0.15, -0.1) is 0 Å². The van der Waals surface area contributed by atoms with Gasteiger partial charge in [-0.05, 0) is 82.2 Å². The number of benzene rings is 1. The summed E-state index contributed by atoms with van der Waals surface area (Å²) in [6, 6.07) is 6.07. The molecule has 3 saturated heterocycles. The number of halogens is 2. The van der Waals surface area contributed by atoms with E-state index in [2.05, 4.69) is 58.2 Å². The number of Topliss-reactive ketones (excluding diaryl/α,β-unsaturated/α-hetero) is 1. The van der Waals surface area contributed by atoms with E-state index in [1.54, 1.807) is 12.1 Å². The molecule has 0 aromatic heterocycles. The number of nitrogens with zero attached hydrogens (tertiary/aromatic N) is 5. The maximum Gasteiger partial charge on any atom is 1.00 e. The number of rotatable bonds is 8. The number of amides is 2. The Kier molecular flexibility index (Phi) is 52.1. The van der Waals surface area contributed by atoms with Gasteiger partial charge in [0.1, 0.15) is 11.8 Å². The fourth-order valence-corrected chi connectivity index (χ4v) is 10.3. The maximum atomic E-state index is 13.4. The Labute approximate surface area is 553 Å². The number of hydrogen-bond acceptors (Lipinski definition) is 12. The average Bonchev–Trinajstić information content (AvgIpc) is 3.28. The molecule has 7 N–H and O–H groups in total. The Morgan fingerprint density at radius 3 is 1.63 bits per heavy atom. The van der Waals surface area contributed by atoms with Crippen LogP contribution in [0.4, 0.5) is 0 Å². The summed E-state index contributed by atoms with van der Waals surface area (Å²) in [6.07, 6.45) is 15.9. The topological polar surface area (TPSA) is 188 Å². The van der Waals surface area contributed by atoms with Crippen LogP contribution in [-0.4, -0.2) is 184 Å². The van der Waals surface area contributed by atoms with Crippen LogP contribution in [0.3, 0.4) is 0 Å². The first-order valence-corrected chi connectivity index (χ1v) is 24.6. The molecular weight excluding hydrogens is 1560 g/mol. The van der Waals surface area contributed by atoms with Crippen LogP contribution in [0.1, 0.15) is 110 Å². The first-order valence-electron chi connectivity index (χ1n) is 23.9. The summed E-state index contributed by atoms with van der Waals surface area (Å²) < 4.78 is 0. The molecule has 68 heavy (non-hydrogen) atoms. The third-order valence-electron chi connectivity index (χ3n) is 13.9. The van der Waals surface area contributed by atoms with Crippen molar-refractivity contribution in [2.45, 2.75) is 129 Å². The number of likely N-dealkylation sites (N-methyl/N-ethyl adjacent to an activating group) is 2. The predicted molar refractivity (Wildman–Crippen MR) is 262 cm³/mol. The number of carbonyl (C=O) groups is 3. The number of ketones is 1. The number of carbonyl (C=O) groups excluding carboxylic acids is 3. The summed E-state index contributed by atoms with van der Waals surface area (Å²) >= 11 is 12.3. The van der Waals surface area contributed by atoms with Gasteiger partial charge in [-0.1, -0.05) is 82.1 Å². The molecule has 6 aliphatic rings. The number of piperazine rings is 3. The van der Waals surface area contributed by atoms with Crippen LogP contribution < -0.4 is 45.9 Å². The molecule has 376 valence electrons. The van der Waals surface area contributed by atoms with E-state index in [1.807, 2.05) is 17.9 Å². The molecule has 1 aromatic rings. The Morgan fingerprint density at radius 2 is 1.22 bits per heavy atom. The van der Waals surface area contributed by atoms with Crippen LogP contribution in [0.15, 0.2) is 18.2 Å². The van der Waals surface area contributed by atoms with Gasteiger partial charge < -0.3 is 36.5 Å². The average molecular weight is 1640 g/mol. The van der Waals surface area contributed by atoms with Gasteiger partial charge in [0.25, 0.3) is 0 Å². The fraction of sp³-hybridized carbons (Fsp3) is 0.809. The van der Waals surface area contributed by atoms with Crippen molar-refractivity contribution in [1.29, 1.82) is 0 Å². The predicted octanol–water partition coefficient (Wildman–Crippen LogP) is 2.66. The molecule has 0 bridgehead atoms. The van der Waals surface area contributed by atoms with Gasteiger partial charge in [-0.2, -0.15) is 0 Å². The molecule has 6 fully saturated rings. The summed E-state index contributed by atoms with van der Waals surface area (Å²) in [5, 5.41) is 19.2. The van der Waals surface area contributed by atoms with E-state index in [-0.39, 0.29) is 200 Å². The number of nitrogens with two attached hydrogens (primary N) is 1. The van der Waals surface area contributed by atoms with E-state index in [0.29, 0.717) is 53.2 Å². The van der Waals surface area contributed by atoms with Crippen molar-refractivity contribution in [3.8, 4) is 0 Å². The largest absolute Gasteiger partial charge is 1.00 e. The minimum atomic E-state index is -0.669. The van der Waals surface area contributed by atoms with Crippen LogP contribution in [0.25, 0.3) is 0 Å². The second-order valence-electron chi connectivity index (χ2n) is 18.6. The van der Waals surface area contributed by atoms with Crippen LogP contribution in [-0.2, 0) is 20.8 Å². The first kappa shape index (κ1) is 77.9. The Balaban J connectivity index is -0.000000459. The van der Waals surface area contributed by atoms with Crippen LogP contribution in [0, 0.1) is 150 Å². The molecule has 21 heteroatoms. The van der Waals surface area contributed by atoms with Crippen molar-refractivity contribution in [2.75, 3.05) is 99.2 Å². The maximum absolute atomic E-state index is 13.4. The molecule has 3 heterocycles. The molecule has 1 aromatic carbocycles. The SMILES string of the molecule is CC1CCCCC1=O.CN1CCNCC1.C[C@@H]1CCCC[C@@H]1N1CCN(C(=O)C(Cc2ccc(Cl)cc2Cl)NC(=O)CCN)CC1.C[C@@H]1CCCC[C@@H]1N1CCN(C)CC1.OO.[Ac].[Ac].[Ac].[B].[Na+].[OH-]. The van der Waals surface area contributed by atoms with Crippen LogP contribution in [0.5, 0.6) is 0 Å². The van der Waals surface area contributed by atoms with Crippen molar-refractivity contribution in [3.05, 3.63) is 33.8 Å². The van der Waals surface area contributed by atoms with Crippen LogP contribution >= 0.6 is 23.2 Å². The molecule has 6 radical (unpaired) electrons. The van der Waals surface area contributed by atoms with Crippen LogP contribution in [0.2, 0.25) is 10.0 Å². The monoisotopic (exact) mass is 1640 g/mol. The second-order valence-corrected chi connectivity index (χ2v) is 19.5. The molecular formula is C47H85Ac3BCl2N8NaO6. The van der Waals surface area contributed by atoms with E-state index in [1.165, 1.54) is 97.1 Å². The van der Waals surface area contributed by atoms with E-state index in [9.17, 15) is 14.4 Å². The van der Waals surface area contributed by atoms with E-state index in [0.717, 1.165) is 63.0 Å². The van der Waals surface area contributed by atoms with Gasteiger partial charge in [0.15, 0.2) is 0 Å². The molecule has 0 spiro atoms. The Hall–Kier alpha value is 3.44. The standard InChI is InChI=1S/C23H34Cl2N4O2.C12H24N2.C7H12O.C5H12N2.3Ac.B.Na.H2O2.H2O/c1-16-4-2-3-5-21(16)28-10-12-29(13-11-28)23(31)20(27-22(30)8-9-26)14-17-6-7-18(24)15-19(17)25;1-11-5-3-4-6-12(11)14-9-7-13(2)8-10-14;1-6-4-2-3-5-7(6)8;1-7-4-2-6-3-5-7;;;;;;1-2;/h6-7,15-16,20-21H,2-5,8-14,26H2,1H3,(H,27,30);11-12H,3-10H2,1-2H3;6H,2-5H2,1H3;6H,2-5H2,1H3;;;;;;1-2H;1H2/q;;;;;;;;+1;;/p-1/t16-,20?,21+;11-,12+;;;;;;;;;/m11........./s1. The zero-order valence-electron chi connectivity index (χ0n) is 42.7. The summed E-state index contributed by atoms with van der Waals surface area (Å²) in [6.45, 7) is 20.1. The smallest absolute Gasteiger partial charge is 0.870 e. The van der Waals surface area contributed by atoms with Gasteiger partial charge in [0, 0.05) is 273 Å². The van der Waals surface area contributed by atoms with E-state index in [4.69, 9.17) is 39.5 Å². The minimum absolute atomic E-state index is 0. The molecule has 3 aliphatic heterocycles. The Morgan fingerprint density at radius 1 is 0.750 bits per heavy atom. The van der Waals surface area contributed by atoms with Crippen molar-refractivity contribution in [2.24, 2.45) is 23.5 Å². The fourth-order valence-electron chi connectivity index (χ4n) is 9.76. The molecule has 6 atom stereocenters. The summed E-state index contributed by atoms with van der Waals surface area (Å²) in [5.41, 5.74) is 6.30. The normalized spacial score (nSPS) is 24.6. The van der Waals surface area contributed by atoms with Gasteiger partial charge in [-0.3, -0.25) is 34.7 Å². The van der Waals surface area contributed by atoms with Crippen molar-refractivity contribution in [1.82, 2.24) is 35.1 Å². The molecule has 14 nitrogen and oxygen atoms in total. The number of nitrogens with one attached hydrogen (secondary N) is 2. The third-order valence-corrected chi connectivity index (χ3v) is 14.5. The van der Waals surface area contributed by atoms with Crippen molar-refractivity contribution in [3.63, 3.8) is 0 Å². The van der Waals surface area contributed by atoms with E-state index >= 15 is 0 Å². The van der Waals surface area contributed by atoms with Gasteiger partial charge in [-0.25, -0.2) is 0 Å². The summed E-state index contributed by atoms with van der Waals surface area (Å²) in [4.78, 5) is 48.3. The quantitative estimate of drug-likeness (QED) is 0.146. The molecule has 3 saturated carbocycles. The zero-order chi connectivity index (χ0) is 45.4. The summed E-state index contributed by atoms with van der Waals surface area (Å²) in [7, 11) is 4.39. The number of hydrogen-bond donors (Lipinski definition) is 5. The molecule has 2 amide bonds. The summed E-state index contributed by atoms with van der Waals surface area (Å²) in [5.74, 6) is 2.20. The molecule has 2 unspecified atom stereocenters. The first-order chi connectivity index (χ1) is 29.9. The van der Waals surface area contributed by atoms with Gasteiger partial charge in [0.05, 0.1) is 0 Å². The van der Waals surface area contributed by atoms with Crippen molar-refractivity contribution >= 4 is 49.2 Å². The van der Waals surface area contributed by atoms with Gasteiger partial charge in [0.2, 0.25) is 11.8 Å². The molecule has 3 aliphatic carbocycles.